The van der Waals surface area contributed by atoms with Crippen LogP contribution < -0.4 is 10.1 Å². The van der Waals surface area contributed by atoms with E-state index in [1.165, 1.54) is 0 Å². The van der Waals surface area contributed by atoms with Crippen molar-refractivity contribution in [3.05, 3.63) is 57.9 Å². The van der Waals surface area contributed by atoms with E-state index in [0.717, 1.165) is 77.9 Å². The van der Waals surface area contributed by atoms with Gasteiger partial charge in [0.05, 0.1) is 30.2 Å². The maximum Gasteiger partial charge on any atom is 0.119 e. The highest BCUT2D eigenvalue weighted by Gasteiger charge is 2.38. The number of aliphatic hydroxyl groups excluding tert-OH is 2. The smallest absolute Gasteiger partial charge is 0.119 e. The topological polar surface area (TPSA) is 74.6 Å². The van der Waals surface area contributed by atoms with Gasteiger partial charge in [0.25, 0.3) is 0 Å². The molecule has 6 heteroatoms. The largest absolute Gasteiger partial charge is 0.497 e. The minimum absolute atomic E-state index is 0.0362. The molecule has 3 N–H and O–H groups in total. The molecular formula is C27H32N2O3S. The summed E-state index contributed by atoms with van der Waals surface area (Å²) in [6.45, 7) is 1.81. The second kappa shape index (κ2) is 11.1. The molecule has 2 aromatic heterocycles. The van der Waals surface area contributed by atoms with E-state index in [0.29, 0.717) is 6.42 Å². The summed E-state index contributed by atoms with van der Waals surface area (Å²) in [7, 11) is 1.66. The van der Waals surface area contributed by atoms with Crippen LogP contribution in [-0.4, -0.2) is 41.5 Å². The number of aryl methyl sites for hydroxylation is 1. The summed E-state index contributed by atoms with van der Waals surface area (Å²) >= 11 is 1.63. The number of hydrogen-bond donors (Lipinski definition) is 3. The van der Waals surface area contributed by atoms with Crippen LogP contribution >= 0.6 is 11.3 Å². The molecule has 5 nitrogen and oxygen atoms in total. The number of aromatic nitrogens is 1. The molecule has 3 aromatic rings. The van der Waals surface area contributed by atoms with Gasteiger partial charge < -0.3 is 20.3 Å². The first kappa shape index (κ1) is 23.7. The fourth-order valence-corrected chi connectivity index (χ4v) is 5.51. The predicted octanol–water partition coefficient (Wildman–Crippen LogP) is 4.29. The minimum Gasteiger partial charge on any atom is -0.497 e. The Kier molecular flexibility index (Phi) is 8.00. The Labute approximate surface area is 199 Å². The summed E-state index contributed by atoms with van der Waals surface area (Å²) in [4.78, 5) is 5.54. The molecule has 0 aliphatic carbocycles. The number of thiophene rings is 1. The lowest BCUT2D eigenvalue weighted by atomic mass is 9.69. The van der Waals surface area contributed by atoms with Crippen LogP contribution in [0.4, 0.5) is 0 Å². The summed E-state index contributed by atoms with van der Waals surface area (Å²) in [5.41, 5.74) is 2.76. The van der Waals surface area contributed by atoms with E-state index >= 15 is 0 Å². The molecule has 0 bridgehead atoms. The van der Waals surface area contributed by atoms with Crippen molar-refractivity contribution in [1.82, 2.24) is 10.3 Å². The maximum absolute atomic E-state index is 11.2. The number of nitrogens with one attached hydrogen (secondary N) is 1. The van der Waals surface area contributed by atoms with E-state index in [4.69, 9.17) is 4.74 Å². The number of pyridine rings is 1. The Morgan fingerprint density at radius 1 is 1.27 bits per heavy atom. The van der Waals surface area contributed by atoms with Gasteiger partial charge in [-0.25, -0.2) is 0 Å². The Hall–Kier alpha value is -2.43. The maximum atomic E-state index is 11.2. The van der Waals surface area contributed by atoms with E-state index in [1.54, 1.807) is 24.6 Å². The highest BCUT2D eigenvalue weighted by atomic mass is 32.1. The third-order valence-corrected chi connectivity index (χ3v) is 7.67. The van der Waals surface area contributed by atoms with Crippen molar-refractivity contribution >= 4 is 22.2 Å². The van der Waals surface area contributed by atoms with Gasteiger partial charge in [-0.3, -0.25) is 4.98 Å². The lowest BCUT2D eigenvalue weighted by molar-refractivity contribution is -0.00339. The monoisotopic (exact) mass is 464 g/mol. The summed E-state index contributed by atoms with van der Waals surface area (Å²) < 4.78 is 5.42. The van der Waals surface area contributed by atoms with E-state index in [1.807, 2.05) is 35.7 Å². The van der Waals surface area contributed by atoms with Crippen LogP contribution in [0.15, 0.2) is 41.9 Å². The summed E-state index contributed by atoms with van der Waals surface area (Å²) in [6, 6.07) is 9.89. The molecular weight excluding hydrogens is 432 g/mol. The van der Waals surface area contributed by atoms with Crippen LogP contribution in [0, 0.1) is 17.3 Å². The first-order valence-corrected chi connectivity index (χ1v) is 12.5. The molecule has 1 unspecified atom stereocenters. The van der Waals surface area contributed by atoms with Gasteiger partial charge in [-0.05, 0) is 91.4 Å². The van der Waals surface area contributed by atoms with Crippen LogP contribution in [0.25, 0.3) is 10.9 Å². The Bertz CT molecular complexity index is 1110. The number of nitrogens with zero attached hydrogens (tertiary/aromatic N) is 1. The summed E-state index contributed by atoms with van der Waals surface area (Å²) in [5.74, 6) is 7.18. The molecule has 1 fully saturated rings. The molecule has 1 aliphatic heterocycles. The molecule has 33 heavy (non-hydrogen) atoms. The zero-order chi connectivity index (χ0) is 23.1. The van der Waals surface area contributed by atoms with E-state index in [-0.39, 0.29) is 12.0 Å². The summed E-state index contributed by atoms with van der Waals surface area (Å²) in [5, 5.41) is 27.6. The molecule has 1 aliphatic rings. The molecule has 0 amide bonds. The van der Waals surface area contributed by atoms with E-state index in [9.17, 15) is 10.2 Å². The van der Waals surface area contributed by atoms with Crippen molar-refractivity contribution in [3.63, 3.8) is 0 Å². The highest BCUT2D eigenvalue weighted by molar-refractivity contribution is 7.10. The Balaban J connectivity index is 1.50. The SMILES string of the molecule is COc1ccc2ncc(CO)c(CCCC3(C(O)CC#Cc4cccs4)CCNCC3)c2c1. The fraction of sp³-hybridized carbons (Fsp3) is 0.444. The van der Waals surface area contributed by atoms with E-state index in [2.05, 4.69) is 22.1 Å². The van der Waals surface area contributed by atoms with Crippen molar-refractivity contribution in [2.75, 3.05) is 20.2 Å². The first-order valence-electron chi connectivity index (χ1n) is 11.6. The van der Waals surface area contributed by atoms with Crippen molar-refractivity contribution in [2.24, 2.45) is 5.41 Å². The molecule has 0 saturated carbocycles. The van der Waals surface area contributed by atoms with Gasteiger partial charge in [0.2, 0.25) is 0 Å². The molecule has 1 saturated heterocycles. The molecule has 0 radical (unpaired) electrons. The number of fused-ring (bicyclic) bond motifs is 1. The number of piperidine rings is 1. The number of aliphatic hydroxyl groups is 2. The van der Waals surface area contributed by atoms with Crippen molar-refractivity contribution < 1.29 is 14.9 Å². The van der Waals surface area contributed by atoms with Gasteiger partial charge in [-0.1, -0.05) is 17.9 Å². The molecule has 4 rings (SSSR count). The van der Waals surface area contributed by atoms with Crippen molar-refractivity contribution in [3.8, 4) is 17.6 Å². The number of methoxy groups -OCH3 is 1. The Morgan fingerprint density at radius 3 is 2.85 bits per heavy atom. The zero-order valence-electron chi connectivity index (χ0n) is 19.1. The average molecular weight is 465 g/mol. The molecule has 1 atom stereocenters. The van der Waals surface area contributed by atoms with Gasteiger partial charge >= 0.3 is 0 Å². The Morgan fingerprint density at radius 2 is 2.12 bits per heavy atom. The highest BCUT2D eigenvalue weighted by Crippen LogP contribution is 2.40. The number of rotatable bonds is 8. The lowest BCUT2D eigenvalue weighted by Gasteiger charge is -2.41. The van der Waals surface area contributed by atoms with Crippen LogP contribution in [-0.2, 0) is 13.0 Å². The van der Waals surface area contributed by atoms with Crippen LogP contribution in [0.3, 0.4) is 0 Å². The minimum atomic E-state index is -0.446. The molecule has 174 valence electrons. The zero-order valence-corrected chi connectivity index (χ0v) is 20.0. The fourth-order valence-electron chi connectivity index (χ4n) is 4.92. The number of hydrogen-bond acceptors (Lipinski definition) is 6. The van der Waals surface area contributed by atoms with Gasteiger partial charge in [0.1, 0.15) is 5.75 Å². The molecule has 1 aromatic carbocycles. The van der Waals surface area contributed by atoms with Crippen molar-refractivity contribution in [2.45, 2.75) is 51.2 Å². The molecule has 0 spiro atoms. The average Bonchev–Trinajstić information content (AvgIpc) is 3.38. The van der Waals surface area contributed by atoms with Gasteiger partial charge in [0.15, 0.2) is 0 Å². The van der Waals surface area contributed by atoms with E-state index < -0.39 is 6.10 Å². The normalized spacial score (nSPS) is 16.2. The van der Waals surface area contributed by atoms with Crippen molar-refractivity contribution in [1.29, 1.82) is 0 Å². The lowest BCUT2D eigenvalue weighted by Crippen LogP contribution is -2.44. The third-order valence-electron chi connectivity index (χ3n) is 6.88. The molecule has 3 heterocycles. The van der Waals surface area contributed by atoms with Crippen LogP contribution in [0.5, 0.6) is 5.75 Å². The standard InChI is InChI=1S/C27H32N2O3S/c1-32-21-9-10-25-24(17-21)23(20(19-30)18-29-25)7-3-11-27(12-14-28-15-13-27)26(31)8-2-5-22-6-4-16-33-22/h4,6,9-10,16-18,26,28,30-31H,3,7-8,11-15,19H2,1H3. The predicted molar refractivity (Wildman–Crippen MR) is 134 cm³/mol. The first-order chi connectivity index (χ1) is 16.1. The van der Waals surface area contributed by atoms with Crippen LogP contribution in [0.1, 0.15) is 48.1 Å². The van der Waals surface area contributed by atoms with Gasteiger partial charge in [-0.15, -0.1) is 11.3 Å². The number of ether oxygens (including phenoxy) is 1. The van der Waals surface area contributed by atoms with Gasteiger partial charge in [-0.2, -0.15) is 0 Å². The van der Waals surface area contributed by atoms with Crippen LogP contribution in [0.2, 0.25) is 0 Å². The summed E-state index contributed by atoms with van der Waals surface area (Å²) in [6.07, 6.45) is 6.41. The number of benzene rings is 1. The second-order valence-electron chi connectivity index (χ2n) is 8.77. The second-order valence-corrected chi connectivity index (χ2v) is 9.72. The third kappa shape index (κ3) is 5.56. The van der Waals surface area contributed by atoms with Gasteiger partial charge in [0, 0.05) is 18.0 Å². The quantitative estimate of drug-likeness (QED) is 0.434.